The molecular weight excluding hydrogens is 358 g/mol. The zero-order valence-corrected chi connectivity index (χ0v) is 16.9. The Kier molecular flexibility index (Phi) is 5.19. The van der Waals surface area contributed by atoms with Crippen molar-refractivity contribution in [3.05, 3.63) is 35.9 Å². The number of rotatable bonds is 7. The van der Waals surface area contributed by atoms with E-state index in [9.17, 15) is 9.59 Å². The van der Waals surface area contributed by atoms with Gasteiger partial charge in [-0.2, -0.15) is 0 Å². The number of fused-ring (bicyclic) bond motifs is 5. The van der Waals surface area contributed by atoms with Crippen LogP contribution in [0.25, 0.3) is 0 Å². The second-order valence-electron chi connectivity index (χ2n) is 8.75. The number of likely N-dealkylation sites (N-methyl/N-ethyl adjacent to an activating group) is 1. The Hall–Kier alpha value is -1.92. The Morgan fingerprint density at radius 1 is 1.14 bits per heavy atom. The summed E-state index contributed by atoms with van der Waals surface area (Å²) in [6.45, 7) is 2.32. The molecule has 6 heteroatoms. The van der Waals surface area contributed by atoms with Gasteiger partial charge in [-0.25, -0.2) is 0 Å². The molecule has 3 heterocycles. The highest BCUT2D eigenvalue weighted by Gasteiger charge is 2.70. The molecule has 0 radical (unpaired) electrons. The van der Waals surface area contributed by atoms with Gasteiger partial charge in [0.05, 0.1) is 33.0 Å². The predicted octanol–water partition coefficient (Wildman–Crippen LogP) is 2.41. The van der Waals surface area contributed by atoms with Gasteiger partial charge in [-0.1, -0.05) is 37.3 Å². The number of piperidine rings is 1. The molecule has 0 spiro atoms. The van der Waals surface area contributed by atoms with Crippen LogP contribution < -0.4 is 0 Å². The maximum Gasteiger partial charge on any atom is 0.314 e. The van der Waals surface area contributed by atoms with E-state index in [0.717, 1.165) is 29.3 Å². The summed E-state index contributed by atoms with van der Waals surface area (Å²) in [5.74, 6) is -1.31. The molecule has 0 aromatic heterocycles. The van der Waals surface area contributed by atoms with Crippen LogP contribution >= 0.6 is 0 Å². The van der Waals surface area contributed by atoms with Crippen LogP contribution in [0, 0.1) is 0 Å². The lowest BCUT2D eigenvalue weighted by Gasteiger charge is -2.45. The van der Waals surface area contributed by atoms with Gasteiger partial charge >= 0.3 is 11.9 Å². The van der Waals surface area contributed by atoms with Crippen molar-refractivity contribution in [2.45, 2.75) is 68.9 Å². The van der Waals surface area contributed by atoms with Crippen LogP contribution in [-0.2, 0) is 23.8 Å². The molecule has 3 saturated heterocycles. The molecule has 3 aliphatic rings. The number of epoxide rings is 1. The summed E-state index contributed by atoms with van der Waals surface area (Å²) in [7, 11) is 4.50. The maximum absolute atomic E-state index is 13.0. The van der Waals surface area contributed by atoms with Crippen LogP contribution in [0.3, 0.4) is 0 Å². The van der Waals surface area contributed by atoms with Crippen molar-refractivity contribution in [2.24, 2.45) is 0 Å². The van der Waals surface area contributed by atoms with E-state index in [4.69, 9.17) is 14.2 Å². The largest absolute Gasteiger partial charge is 0.466 e. The molecular formula is C22H30NO5+. The topological polar surface area (TPSA) is 65.1 Å². The lowest BCUT2D eigenvalue weighted by atomic mass is 9.94. The van der Waals surface area contributed by atoms with Crippen LogP contribution in [0.1, 0.15) is 44.1 Å². The smallest absolute Gasteiger partial charge is 0.314 e. The van der Waals surface area contributed by atoms with E-state index < -0.39 is 5.92 Å². The van der Waals surface area contributed by atoms with Crippen molar-refractivity contribution in [3.63, 3.8) is 0 Å². The molecule has 3 aliphatic heterocycles. The number of esters is 2. The standard InChI is InChI=1S/C22H30NO5/c1-4-10-26-19(24)13-16(14-8-6-5-7-9-14)22(25)27-15-11-17-20-21(28-20)18(12-15)23(17,2)3/h5-9,15-18,20-21H,4,10-13H2,1-3H3/q+1/t15?,16-,17-,18+,20-,21+/m1/s1. The number of benzene rings is 1. The van der Waals surface area contributed by atoms with Crippen molar-refractivity contribution in [1.82, 2.24) is 0 Å². The number of morpholine rings is 1. The Morgan fingerprint density at radius 2 is 1.79 bits per heavy atom. The first-order chi connectivity index (χ1) is 13.4. The van der Waals surface area contributed by atoms with Gasteiger partial charge in [-0.05, 0) is 12.0 Å². The Morgan fingerprint density at radius 3 is 2.39 bits per heavy atom. The number of quaternary nitrogens is 1. The number of carbonyl (C=O) groups is 2. The van der Waals surface area contributed by atoms with E-state index in [1.807, 2.05) is 37.3 Å². The van der Waals surface area contributed by atoms with Crippen molar-refractivity contribution >= 4 is 11.9 Å². The lowest BCUT2D eigenvalue weighted by Crippen LogP contribution is -2.60. The average molecular weight is 388 g/mol. The lowest BCUT2D eigenvalue weighted by molar-refractivity contribution is -0.938. The molecule has 0 N–H and O–H groups in total. The van der Waals surface area contributed by atoms with Crippen LogP contribution in [0.5, 0.6) is 0 Å². The number of hydrogen-bond acceptors (Lipinski definition) is 5. The number of ether oxygens (including phenoxy) is 3. The van der Waals surface area contributed by atoms with E-state index in [-0.39, 0.29) is 24.5 Å². The van der Waals surface area contributed by atoms with Gasteiger partial charge in [-0.3, -0.25) is 9.59 Å². The summed E-state index contributed by atoms with van der Waals surface area (Å²) in [5.41, 5.74) is 0.794. The first kappa shape index (κ1) is 19.4. The molecule has 0 amide bonds. The first-order valence-electron chi connectivity index (χ1n) is 10.3. The number of carbonyl (C=O) groups excluding carboxylic acids is 2. The van der Waals surface area contributed by atoms with Gasteiger partial charge in [0.25, 0.3) is 0 Å². The molecule has 6 nitrogen and oxygen atoms in total. The fraction of sp³-hybridized carbons (Fsp3) is 0.636. The summed E-state index contributed by atoms with van der Waals surface area (Å²) in [5, 5.41) is 0. The van der Waals surface area contributed by atoms with Crippen molar-refractivity contribution in [3.8, 4) is 0 Å². The van der Waals surface area contributed by atoms with E-state index in [1.165, 1.54) is 0 Å². The normalized spacial score (nSPS) is 32.9. The summed E-state index contributed by atoms with van der Waals surface area (Å²) >= 11 is 0. The minimum atomic E-state index is -0.626. The van der Waals surface area contributed by atoms with Gasteiger partial charge in [0.15, 0.2) is 0 Å². The highest BCUT2D eigenvalue weighted by atomic mass is 16.6. The molecule has 4 rings (SSSR count). The quantitative estimate of drug-likeness (QED) is 0.408. The number of nitrogens with zero attached hydrogens (tertiary/aromatic N) is 1. The molecule has 2 bridgehead atoms. The third kappa shape index (κ3) is 3.55. The van der Waals surface area contributed by atoms with E-state index in [1.54, 1.807) is 0 Å². The molecule has 0 aliphatic carbocycles. The molecule has 1 aromatic rings. The minimum absolute atomic E-state index is 0.0122. The Bertz CT molecular complexity index is 714. The molecule has 28 heavy (non-hydrogen) atoms. The fourth-order valence-electron chi connectivity index (χ4n) is 5.01. The van der Waals surface area contributed by atoms with Gasteiger partial charge < -0.3 is 18.7 Å². The molecule has 152 valence electrons. The van der Waals surface area contributed by atoms with Crippen molar-refractivity contribution in [1.29, 1.82) is 0 Å². The average Bonchev–Trinajstić information content (AvgIpc) is 3.43. The summed E-state index contributed by atoms with van der Waals surface area (Å²) in [6.07, 6.45) is 2.93. The Balaban J connectivity index is 1.43. The summed E-state index contributed by atoms with van der Waals surface area (Å²) in [4.78, 5) is 25.2. The fourth-order valence-corrected chi connectivity index (χ4v) is 5.01. The van der Waals surface area contributed by atoms with Crippen LogP contribution in [0.15, 0.2) is 30.3 Å². The highest BCUT2D eigenvalue weighted by molar-refractivity contribution is 5.84. The van der Waals surface area contributed by atoms with Crippen LogP contribution in [0.2, 0.25) is 0 Å². The molecule has 6 atom stereocenters. The zero-order valence-electron chi connectivity index (χ0n) is 16.9. The maximum atomic E-state index is 13.0. The van der Waals surface area contributed by atoms with Crippen LogP contribution in [0.4, 0.5) is 0 Å². The zero-order chi connectivity index (χ0) is 19.9. The van der Waals surface area contributed by atoms with Gasteiger partial charge in [0, 0.05) is 12.8 Å². The van der Waals surface area contributed by atoms with Crippen LogP contribution in [-0.4, -0.2) is 67.5 Å². The molecule has 1 aromatic carbocycles. The van der Waals surface area contributed by atoms with Crippen molar-refractivity contribution in [2.75, 3.05) is 20.7 Å². The third-order valence-electron chi connectivity index (χ3n) is 6.65. The second-order valence-corrected chi connectivity index (χ2v) is 8.75. The molecule has 3 fully saturated rings. The van der Waals surface area contributed by atoms with E-state index >= 15 is 0 Å². The van der Waals surface area contributed by atoms with Crippen molar-refractivity contribution < 1.29 is 28.3 Å². The number of hydrogen-bond donors (Lipinski definition) is 0. The highest BCUT2D eigenvalue weighted by Crippen LogP contribution is 2.51. The first-order valence-corrected chi connectivity index (χ1v) is 10.3. The summed E-state index contributed by atoms with van der Waals surface area (Å²) in [6, 6.07) is 10.1. The summed E-state index contributed by atoms with van der Waals surface area (Å²) < 4.78 is 17.9. The van der Waals surface area contributed by atoms with E-state index in [0.29, 0.717) is 30.9 Å². The monoisotopic (exact) mass is 388 g/mol. The van der Waals surface area contributed by atoms with Gasteiger partial charge in [-0.15, -0.1) is 0 Å². The minimum Gasteiger partial charge on any atom is -0.466 e. The second kappa shape index (κ2) is 7.48. The molecule has 0 saturated carbocycles. The molecule has 1 unspecified atom stereocenters. The van der Waals surface area contributed by atoms with Gasteiger partial charge in [0.2, 0.25) is 0 Å². The SMILES string of the molecule is CCCOC(=O)C[C@@H](C(=O)OC1C[C@@H]2[C@H]3O[C@H]3[C@H](C1)[N+]2(C)C)c1ccccc1. The van der Waals surface area contributed by atoms with E-state index in [2.05, 4.69) is 14.1 Å². The predicted molar refractivity (Wildman–Crippen MR) is 103 cm³/mol. The Labute approximate surface area is 166 Å². The van der Waals surface area contributed by atoms with Gasteiger partial charge in [0.1, 0.15) is 30.4 Å². The third-order valence-corrected chi connectivity index (χ3v) is 6.65.